The van der Waals surface area contributed by atoms with Gasteiger partial charge in [-0.1, -0.05) is 18.2 Å². The van der Waals surface area contributed by atoms with Crippen molar-refractivity contribution in [3.8, 4) is 0 Å². The summed E-state index contributed by atoms with van der Waals surface area (Å²) in [5, 5.41) is 3.36. The molecule has 1 aromatic carbocycles. The Kier molecular flexibility index (Phi) is 4.02. The molecule has 1 fully saturated rings. The maximum Gasteiger partial charge on any atom is 0.227 e. The van der Waals surface area contributed by atoms with E-state index >= 15 is 0 Å². The number of benzene rings is 1. The molecule has 18 heavy (non-hydrogen) atoms. The van der Waals surface area contributed by atoms with Crippen molar-refractivity contribution >= 4 is 5.91 Å². The van der Waals surface area contributed by atoms with E-state index in [-0.39, 0.29) is 5.91 Å². The number of rotatable bonds is 2. The fourth-order valence-electron chi connectivity index (χ4n) is 2.55. The fourth-order valence-corrected chi connectivity index (χ4v) is 2.55. The molecule has 1 aromatic rings. The second-order valence-electron chi connectivity index (χ2n) is 5.24. The van der Waals surface area contributed by atoms with E-state index in [2.05, 4.69) is 38.2 Å². The minimum Gasteiger partial charge on any atom is -0.340 e. The van der Waals surface area contributed by atoms with Crippen LogP contribution in [0.5, 0.6) is 0 Å². The maximum absolute atomic E-state index is 12.3. The number of nitrogens with zero attached hydrogens (tertiary/aromatic N) is 1. The number of amides is 1. The van der Waals surface area contributed by atoms with E-state index in [0.29, 0.717) is 12.5 Å². The molecular formula is C15H22N2O. The van der Waals surface area contributed by atoms with Crippen molar-refractivity contribution in [2.24, 2.45) is 0 Å². The number of nitrogens with one attached hydrogen (secondary N) is 1. The van der Waals surface area contributed by atoms with Crippen molar-refractivity contribution in [3.05, 3.63) is 34.9 Å². The summed E-state index contributed by atoms with van der Waals surface area (Å²) in [5.41, 5.74) is 3.62. The van der Waals surface area contributed by atoms with Gasteiger partial charge in [0.1, 0.15) is 0 Å². The van der Waals surface area contributed by atoms with Crippen LogP contribution < -0.4 is 5.32 Å². The van der Waals surface area contributed by atoms with Crippen LogP contribution in [0.4, 0.5) is 0 Å². The molecule has 0 aliphatic carbocycles. The highest BCUT2D eigenvalue weighted by Crippen LogP contribution is 2.15. The van der Waals surface area contributed by atoms with Gasteiger partial charge < -0.3 is 10.2 Å². The molecule has 1 aliphatic rings. The summed E-state index contributed by atoms with van der Waals surface area (Å²) in [7, 11) is 0. The van der Waals surface area contributed by atoms with Crippen molar-refractivity contribution in [2.45, 2.75) is 33.2 Å². The molecule has 1 saturated heterocycles. The van der Waals surface area contributed by atoms with E-state index in [1.54, 1.807) is 0 Å². The molecule has 3 heteroatoms. The van der Waals surface area contributed by atoms with Gasteiger partial charge in [-0.2, -0.15) is 0 Å². The minimum absolute atomic E-state index is 0.251. The molecule has 0 saturated carbocycles. The average Bonchev–Trinajstić information content (AvgIpc) is 2.34. The Labute approximate surface area is 109 Å². The smallest absolute Gasteiger partial charge is 0.227 e. The number of aryl methyl sites for hydroxylation is 2. The Morgan fingerprint density at radius 1 is 1.39 bits per heavy atom. The van der Waals surface area contributed by atoms with Gasteiger partial charge in [0, 0.05) is 25.7 Å². The van der Waals surface area contributed by atoms with Crippen molar-refractivity contribution in [1.82, 2.24) is 10.2 Å². The highest BCUT2D eigenvalue weighted by atomic mass is 16.2. The molecule has 2 rings (SSSR count). The zero-order valence-electron chi connectivity index (χ0n) is 11.5. The Bertz CT molecular complexity index is 422. The quantitative estimate of drug-likeness (QED) is 0.861. The van der Waals surface area contributed by atoms with Crippen LogP contribution in [-0.2, 0) is 11.2 Å². The third-order valence-electron chi connectivity index (χ3n) is 3.69. The number of piperazine rings is 1. The third kappa shape index (κ3) is 2.91. The van der Waals surface area contributed by atoms with Gasteiger partial charge in [0.15, 0.2) is 0 Å². The number of hydrogen-bond donors (Lipinski definition) is 1. The maximum atomic E-state index is 12.3. The first-order valence-corrected chi connectivity index (χ1v) is 6.64. The van der Waals surface area contributed by atoms with Gasteiger partial charge in [-0.25, -0.2) is 0 Å². The predicted octanol–water partition coefficient (Wildman–Crippen LogP) is 1.67. The van der Waals surface area contributed by atoms with Gasteiger partial charge >= 0.3 is 0 Å². The van der Waals surface area contributed by atoms with Crippen LogP contribution in [0.3, 0.4) is 0 Å². The molecule has 1 atom stereocenters. The predicted molar refractivity (Wildman–Crippen MR) is 73.7 cm³/mol. The molecule has 98 valence electrons. The van der Waals surface area contributed by atoms with Crippen molar-refractivity contribution in [2.75, 3.05) is 19.6 Å². The summed E-state index contributed by atoms with van der Waals surface area (Å²) in [4.78, 5) is 14.3. The van der Waals surface area contributed by atoms with Gasteiger partial charge in [0.05, 0.1) is 6.42 Å². The molecular weight excluding hydrogens is 224 g/mol. The van der Waals surface area contributed by atoms with E-state index in [0.717, 1.165) is 19.6 Å². The highest BCUT2D eigenvalue weighted by Gasteiger charge is 2.21. The van der Waals surface area contributed by atoms with Gasteiger partial charge in [-0.05, 0) is 37.5 Å². The van der Waals surface area contributed by atoms with Crippen molar-refractivity contribution < 1.29 is 4.79 Å². The van der Waals surface area contributed by atoms with Crippen LogP contribution >= 0.6 is 0 Å². The molecule has 0 aromatic heterocycles. The first kappa shape index (κ1) is 13.1. The van der Waals surface area contributed by atoms with E-state index in [1.165, 1.54) is 16.7 Å². The Hall–Kier alpha value is -1.35. The summed E-state index contributed by atoms with van der Waals surface area (Å²) < 4.78 is 0. The van der Waals surface area contributed by atoms with Crippen LogP contribution in [0.2, 0.25) is 0 Å². The molecule has 1 heterocycles. The summed E-state index contributed by atoms with van der Waals surface area (Å²) in [5.74, 6) is 0.251. The van der Waals surface area contributed by atoms with Crippen molar-refractivity contribution in [3.63, 3.8) is 0 Å². The first-order valence-electron chi connectivity index (χ1n) is 6.64. The second-order valence-corrected chi connectivity index (χ2v) is 5.24. The lowest BCUT2D eigenvalue weighted by atomic mass is 9.99. The zero-order valence-corrected chi connectivity index (χ0v) is 11.5. The van der Waals surface area contributed by atoms with Gasteiger partial charge in [-0.3, -0.25) is 4.79 Å². The molecule has 0 spiro atoms. The third-order valence-corrected chi connectivity index (χ3v) is 3.69. The summed E-state index contributed by atoms with van der Waals surface area (Å²) in [6.45, 7) is 8.84. The molecule has 3 nitrogen and oxygen atoms in total. The van der Waals surface area contributed by atoms with E-state index < -0.39 is 0 Å². The lowest BCUT2D eigenvalue weighted by Gasteiger charge is -2.32. The van der Waals surface area contributed by atoms with Crippen LogP contribution in [0.25, 0.3) is 0 Å². The Morgan fingerprint density at radius 3 is 2.67 bits per heavy atom. The molecule has 0 radical (unpaired) electrons. The second kappa shape index (κ2) is 5.53. The Morgan fingerprint density at radius 2 is 2.06 bits per heavy atom. The fraction of sp³-hybridized carbons (Fsp3) is 0.533. The lowest BCUT2D eigenvalue weighted by molar-refractivity contribution is -0.131. The SMILES string of the molecule is Cc1cccc(C)c1CC(=O)N1CCN[C@H](C)C1. The van der Waals surface area contributed by atoms with Gasteiger partial charge in [0.25, 0.3) is 0 Å². The van der Waals surface area contributed by atoms with E-state index in [4.69, 9.17) is 0 Å². The van der Waals surface area contributed by atoms with Gasteiger partial charge in [-0.15, -0.1) is 0 Å². The largest absolute Gasteiger partial charge is 0.340 e. The minimum atomic E-state index is 0.251. The summed E-state index contributed by atoms with van der Waals surface area (Å²) in [6, 6.07) is 6.61. The monoisotopic (exact) mass is 246 g/mol. The van der Waals surface area contributed by atoms with E-state index in [9.17, 15) is 4.79 Å². The van der Waals surface area contributed by atoms with Crippen LogP contribution in [0, 0.1) is 13.8 Å². The van der Waals surface area contributed by atoms with Crippen LogP contribution in [0.15, 0.2) is 18.2 Å². The Balaban J connectivity index is 2.07. The number of hydrogen-bond acceptors (Lipinski definition) is 2. The van der Waals surface area contributed by atoms with Gasteiger partial charge in [0.2, 0.25) is 5.91 Å². The zero-order chi connectivity index (χ0) is 13.1. The molecule has 0 bridgehead atoms. The van der Waals surface area contributed by atoms with Crippen molar-refractivity contribution in [1.29, 1.82) is 0 Å². The summed E-state index contributed by atoms with van der Waals surface area (Å²) in [6.07, 6.45) is 0.533. The number of carbonyl (C=O) groups excluding carboxylic acids is 1. The number of carbonyl (C=O) groups is 1. The molecule has 1 N–H and O–H groups in total. The standard InChI is InChI=1S/C15H22N2O/c1-11-5-4-6-12(2)14(11)9-15(18)17-8-7-16-13(3)10-17/h4-6,13,16H,7-10H2,1-3H3/t13-/m1/s1. The molecule has 1 aliphatic heterocycles. The normalized spacial score (nSPS) is 19.9. The first-order chi connectivity index (χ1) is 8.58. The van der Waals surface area contributed by atoms with E-state index in [1.807, 2.05) is 11.0 Å². The van der Waals surface area contributed by atoms with Crippen LogP contribution in [-0.4, -0.2) is 36.5 Å². The molecule has 0 unspecified atom stereocenters. The summed E-state index contributed by atoms with van der Waals surface area (Å²) >= 11 is 0. The molecule has 1 amide bonds. The average molecular weight is 246 g/mol. The van der Waals surface area contributed by atoms with Crippen LogP contribution in [0.1, 0.15) is 23.6 Å². The highest BCUT2D eigenvalue weighted by molar-refractivity contribution is 5.79. The topological polar surface area (TPSA) is 32.3 Å². The lowest BCUT2D eigenvalue weighted by Crippen LogP contribution is -2.51.